The minimum atomic E-state index is -4.51. The van der Waals surface area contributed by atoms with Gasteiger partial charge in [-0.15, -0.1) is 0 Å². The highest BCUT2D eigenvalue weighted by Gasteiger charge is 2.42. The summed E-state index contributed by atoms with van der Waals surface area (Å²) >= 11 is 6.02. The monoisotopic (exact) mass is 480 g/mol. The van der Waals surface area contributed by atoms with Crippen LogP contribution in [-0.4, -0.2) is 24.1 Å². The minimum absolute atomic E-state index is 0.0626. The smallest absolute Gasteiger partial charge is 0.416 e. The predicted octanol–water partition coefficient (Wildman–Crippen LogP) is 7.14. The van der Waals surface area contributed by atoms with E-state index >= 15 is 0 Å². The number of ether oxygens (including phenoxy) is 2. The molecule has 1 aliphatic carbocycles. The number of aliphatic hydroxyl groups excluding tert-OH is 1. The quantitative estimate of drug-likeness (QED) is 0.505. The van der Waals surface area contributed by atoms with E-state index in [0.29, 0.717) is 43.8 Å². The molecule has 4 nitrogen and oxygen atoms in total. The summed E-state index contributed by atoms with van der Waals surface area (Å²) in [6, 6.07) is 7.96. The Kier molecular flexibility index (Phi) is 6.47. The van der Waals surface area contributed by atoms with Crippen molar-refractivity contribution < 1.29 is 32.5 Å². The molecule has 2 aliphatic rings. The number of ketones is 1. The van der Waals surface area contributed by atoms with Gasteiger partial charge in [0, 0.05) is 26.1 Å². The SMILES string of the molecule is CCc1ccc(Oc2ccc(C(F)(F)F)cc2Cl)cc1C1=C(O)CC2(CCOCC2)CC1=O. The highest BCUT2D eigenvalue weighted by Crippen LogP contribution is 2.47. The summed E-state index contributed by atoms with van der Waals surface area (Å²) in [7, 11) is 0. The van der Waals surface area contributed by atoms with E-state index in [0.717, 1.165) is 36.6 Å². The van der Waals surface area contributed by atoms with Crippen molar-refractivity contribution >= 4 is 23.0 Å². The first-order valence-electron chi connectivity index (χ1n) is 10.8. The molecular formula is C25H24ClF3O4. The molecule has 0 unspecified atom stereocenters. The summed E-state index contributed by atoms with van der Waals surface area (Å²) in [4.78, 5) is 13.2. The molecule has 0 bridgehead atoms. The summed E-state index contributed by atoms with van der Waals surface area (Å²) in [5, 5.41) is 10.7. The van der Waals surface area contributed by atoms with Gasteiger partial charge < -0.3 is 14.6 Å². The summed E-state index contributed by atoms with van der Waals surface area (Å²) in [5.74, 6) is 0.310. The van der Waals surface area contributed by atoms with Gasteiger partial charge >= 0.3 is 6.18 Å². The number of carbonyl (C=O) groups is 1. The van der Waals surface area contributed by atoms with Gasteiger partial charge in [0.05, 0.1) is 16.2 Å². The van der Waals surface area contributed by atoms with E-state index in [1.165, 1.54) is 0 Å². The molecule has 1 aliphatic heterocycles. The molecule has 1 fully saturated rings. The number of Topliss-reactive ketones (excluding diaryl/α,β-unsaturated/α-hetero) is 1. The summed E-state index contributed by atoms with van der Waals surface area (Å²) in [6.07, 6.45) is -1.67. The fourth-order valence-corrected chi connectivity index (χ4v) is 4.83. The van der Waals surface area contributed by atoms with Gasteiger partial charge in [0.15, 0.2) is 5.78 Å². The van der Waals surface area contributed by atoms with Crippen molar-refractivity contribution in [2.75, 3.05) is 13.2 Å². The highest BCUT2D eigenvalue weighted by molar-refractivity contribution is 6.32. The predicted molar refractivity (Wildman–Crippen MR) is 119 cm³/mol. The molecule has 1 saturated heterocycles. The summed E-state index contributed by atoms with van der Waals surface area (Å²) in [5.41, 5.74) is 0.581. The molecule has 1 heterocycles. The number of aryl methyl sites for hydroxylation is 1. The van der Waals surface area contributed by atoms with Crippen molar-refractivity contribution in [3.63, 3.8) is 0 Å². The summed E-state index contributed by atoms with van der Waals surface area (Å²) in [6.45, 7) is 3.09. The van der Waals surface area contributed by atoms with E-state index in [9.17, 15) is 23.1 Å². The Morgan fingerprint density at radius 3 is 2.45 bits per heavy atom. The number of aliphatic hydroxyl groups is 1. The van der Waals surface area contributed by atoms with Crippen LogP contribution in [0.25, 0.3) is 5.57 Å². The Morgan fingerprint density at radius 1 is 1.12 bits per heavy atom. The van der Waals surface area contributed by atoms with Crippen LogP contribution >= 0.6 is 11.6 Å². The van der Waals surface area contributed by atoms with Crippen LogP contribution < -0.4 is 4.74 Å². The third-order valence-electron chi connectivity index (χ3n) is 6.42. The van der Waals surface area contributed by atoms with Crippen LogP contribution in [0.2, 0.25) is 5.02 Å². The van der Waals surface area contributed by atoms with E-state index < -0.39 is 11.7 Å². The molecule has 0 aromatic heterocycles. The van der Waals surface area contributed by atoms with Crippen LogP contribution in [0, 0.1) is 5.41 Å². The van der Waals surface area contributed by atoms with Crippen molar-refractivity contribution in [2.45, 2.75) is 45.2 Å². The molecular weight excluding hydrogens is 457 g/mol. The molecule has 33 heavy (non-hydrogen) atoms. The summed E-state index contributed by atoms with van der Waals surface area (Å²) < 4.78 is 49.9. The maximum atomic E-state index is 13.2. The lowest BCUT2D eigenvalue weighted by atomic mass is 9.67. The Hall–Kier alpha value is -2.51. The van der Waals surface area contributed by atoms with Crippen molar-refractivity contribution in [3.05, 3.63) is 63.9 Å². The number of benzene rings is 2. The average molecular weight is 481 g/mol. The van der Waals surface area contributed by atoms with Crippen LogP contribution in [-0.2, 0) is 22.1 Å². The van der Waals surface area contributed by atoms with Gasteiger partial charge in [-0.2, -0.15) is 13.2 Å². The lowest BCUT2D eigenvalue weighted by Crippen LogP contribution is -2.36. The molecule has 2 aromatic rings. The fraction of sp³-hybridized carbons (Fsp3) is 0.400. The standard InChI is InChI=1S/C25H24ClF3O4/c1-2-15-3-5-17(33-22-6-4-16(11-19(22)26)25(27,28)29)12-18(15)23-20(30)13-24(14-21(23)31)7-9-32-10-8-24/h3-6,11-12,30H,2,7-10,13-14H2,1H3. The second-order valence-electron chi connectivity index (χ2n) is 8.63. The number of allylic oxidation sites excluding steroid dienone is 2. The first kappa shape index (κ1) is 23.6. The van der Waals surface area contributed by atoms with E-state index in [-0.39, 0.29) is 33.3 Å². The second kappa shape index (κ2) is 9.03. The fourth-order valence-electron chi connectivity index (χ4n) is 4.61. The zero-order valence-electron chi connectivity index (χ0n) is 18.1. The molecule has 0 amide bonds. The van der Waals surface area contributed by atoms with Crippen molar-refractivity contribution in [1.29, 1.82) is 0 Å². The number of carbonyl (C=O) groups excluding carboxylic acids is 1. The molecule has 0 saturated carbocycles. The van der Waals surface area contributed by atoms with Crippen molar-refractivity contribution in [3.8, 4) is 11.5 Å². The van der Waals surface area contributed by atoms with E-state index in [1.54, 1.807) is 18.2 Å². The van der Waals surface area contributed by atoms with Gasteiger partial charge in [0.25, 0.3) is 0 Å². The number of hydrogen-bond donors (Lipinski definition) is 1. The van der Waals surface area contributed by atoms with Crippen molar-refractivity contribution in [2.24, 2.45) is 5.41 Å². The van der Waals surface area contributed by atoms with E-state index in [2.05, 4.69) is 0 Å². The maximum Gasteiger partial charge on any atom is 0.416 e. The van der Waals surface area contributed by atoms with Crippen LogP contribution in [0.15, 0.2) is 42.2 Å². The van der Waals surface area contributed by atoms with Gasteiger partial charge in [-0.3, -0.25) is 4.79 Å². The molecule has 8 heteroatoms. The zero-order chi connectivity index (χ0) is 23.8. The van der Waals surface area contributed by atoms with Gasteiger partial charge in [0.1, 0.15) is 17.3 Å². The Labute approximate surface area is 195 Å². The lowest BCUT2D eigenvalue weighted by molar-refractivity contribution is -0.137. The molecule has 176 valence electrons. The third kappa shape index (κ3) is 4.89. The van der Waals surface area contributed by atoms with Gasteiger partial charge in [-0.1, -0.05) is 24.6 Å². The molecule has 0 radical (unpaired) electrons. The first-order valence-corrected chi connectivity index (χ1v) is 11.2. The normalized spacial score (nSPS) is 18.6. The Morgan fingerprint density at radius 2 is 1.85 bits per heavy atom. The average Bonchev–Trinajstić information content (AvgIpc) is 2.74. The zero-order valence-corrected chi connectivity index (χ0v) is 18.9. The molecule has 1 N–H and O–H groups in total. The Bertz CT molecular complexity index is 1100. The van der Waals surface area contributed by atoms with E-state index in [4.69, 9.17) is 21.1 Å². The molecule has 0 atom stereocenters. The molecule has 4 rings (SSSR count). The number of halogens is 4. The van der Waals surface area contributed by atoms with Gasteiger partial charge in [-0.25, -0.2) is 0 Å². The third-order valence-corrected chi connectivity index (χ3v) is 6.71. The number of hydrogen-bond acceptors (Lipinski definition) is 4. The Balaban J connectivity index is 1.67. The highest BCUT2D eigenvalue weighted by atomic mass is 35.5. The van der Waals surface area contributed by atoms with Crippen LogP contribution in [0.4, 0.5) is 13.2 Å². The van der Waals surface area contributed by atoms with Crippen LogP contribution in [0.1, 0.15) is 49.3 Å². The second-order valence-corrected chi connectivity index (χ2v) is 9.04. The topological polar surface area (TPSA) is 55.8 Å². The largest absolute Gasteiger partial charge is 0.512 e. The number of rotatable bonds is 4. The maximum absolute atomic E-state index is 13.2. The first-order chi connectivity index (χ1) is 15.6. The lowest BCUT2D eigenvalue weighted by Gasteiger charge is -2.39. The molecule has 2 aromatic carbocycles. The van der Waals surface area contributed by atoms with Crippen LogP contribution in [0.5, 0.6) is 11.5 Å². The molecule has 1 spiro atoms. The van der Waals surface area contributed by atoms with Gasteiger partial charge in [0.2, 0.25) is 0 Å². The number of alkyl halides is 3. The van der Waals surface area contributed by atoms with Crippen LogP contribution in [0.3, 0.4) is 0 Å². The van der Waals surface area contributed by atoms with Gasteiger partial charge in [-0.05, 0) is 66.1 Å². The van der Waals surface area contributed by atoms with E-state index in [1.807, 2.05) is 6.92 Å². The van der Waals surface area contributed by atoms with Crippen molar-refractivity contribution in [1.82, 2.24) is 0 Å². The minimum Gasteiger partial charge on any atom is -0.512 e.